The number of hydrogen-bond donors (Lipinski definition) is 1. The van der Waals surface area contributed by atoms with E-state index in [-0.39, 0.29) is 34.8 Å². The SMILES string of the molecule is CN(N)c1ncnc2c1c(C#N)cn2[C@@H]1O[C@H](COC(=O)c2ccccc2)[C@@H](OC(=O)c2ccccc2)[C@H]1OC(=O)c1ccccc1. The molecule has 0 aliphatic carbocycles. The first kappa shape index (κ1) is 30.9. The third-order valence-electron chi connectivity index (χ3n) is 7.50. The molecule has 2 aromatic heterocycles. The number of hydrazine groups is 1. The summed E-state index contributed by atoms with van der Waals surface area (Å²) in [7, 11) is 1.56. The second-order valence-corrected chi connectivity index (χ2v) is 10.6. The van der Waals surface area contributed by atoms with Crippen molar-refractivity contribution in [1.82, 2.24) is 14.5 Å². The molecule has 2 N–H and O–H groups in total. The third-order valence-corrected chi connectivity index (χ3v) is 7.50. The van der Waals surface area contributed by atoms with E-state index in [1.54, 1.807) is 98.0 Å². The highest BCUT2D eigenvalue weighted by atomic mass is 16.7. The van der Waals surface area contributed by atoms with Crippen molar-refractivity contribution in [3.05, 3.63) is 126 Å². The number of nitrogens with zero attached hydrogens (tertiary/aromatic N) is 5. The lowest BCUT2D eigenvalue weighted by atomic mass is 10.1. The van der Waals surface area contributed by atoms with Crippen LogP contribution in [0, 0.1) is 11.3 Å². The molecule has 1 fully saturated rings. The Balaban J connectivity index is 1.43. The molecular formula is C34H28N6O7. The van der Waals surface area contributed by atoms with Crippen molar-refractivity contribution in [2.24, 2.45) is 5.84 Å². The lowest BCUT2D eigenvalue weighted by molar-refractivity contribution is -0.0604. The van der Waals surface area contributed by atoms with Crippen LogP contribution in [0.15, 0.2) is 104 Å². The van der Waals surface area contributed by atoms with Crippen molar-refractivity contribution in [3.8, 4) is 6.07 Å². The fraction of sp³-hybridized carbons (Fsp3) is 0.176. The number of benzene rings is 3. The first-order valence-corrected chi connectivity index (χ1v) is 14.5. The number of nitriles is 1. The van der Waals surface area contributed by atoms with Gasteiger partial charge in [-0.15, -0.1) is 0 Å². The van der Waals surface area contributed by atoms with E-state index in [2.05, 4.69) is 16.0 Å². The largest absolute Gasteiger partial charge is 0.459 e. The van der Waals surface area contributed by atoms with Crippen LogP contribution in [0.5, 0.6) is 0 Å². The number of aromatic nitrogens is 3. The van der Waals surface area contributed by atoms with Gasteiger partial charge in [0, 0.05) is 13.2 Å². The van der Waals surface area contributed by atoms with Crippen LogP contribution in [-0.4, -0.2) is 64.4 Å². The van der Waals surface area contributed by atoms with Gasteiger partial charge in [-0.3, -0.25) is 5.01 Å². The van der Waals surface area contributed by atoms with Gasteiger partial charge < -0.3 is 23.5 Å². The Hall–Kier alpha value is -6.10. The molecule has 1 aliphatic heterocycles. The Kier molecular flexibility index (Phi) is 8.87. The Morgan fingerprint density at radius 1 is 0.851 bits per heavy atom. The highest BCUT2D eigenvalue weighted by molar-refractivity contribution is 5.93. The van der Waals surface area contributed by atoms with Crippen molar-refractivity contribution >= 4 is 34.8 Å². The van der Waals surface area contributed by atoms with E-state index >= 15 is 0 Å². The van der Waals surface area contributed by atoms with Crippen LogP contribution in [0.3, 0.4) is 0 Å². The van der Waals surface area contributed by atoms with Crippen molar-refractivity contribution < 1.29 is 33.3 Å². The maximum absolute atomic E-state index is 13.5. The minimum absolute atomic E-state index is 0.168. The molecule has 1 saturated heterocycles. The number of anilines is 1. The van der Waals surface area contributed by atoms with Gasteiger partial charge in [0.25, 0.3) is 0 Å². The van der Waals surface area contributed by atoms with Crippen LogP contribution in [-0.2, 0) is 18.9 Å². The summed E-state index contributed by atoms with van der Waals surface area (Å²) in [6.07, 6.45) is -2.15. The van der Waals surface area contributed by atoms with Gasteiger partial charge >= 0.3 is 17.9 Å². The number of carbonyl (C=O) groups is 3. The van der Waals surface area contributed by atoms with Gasteiger partial charge in [0.05, 0.1) is 27.6 Å². The number of rotatable bonds is 9. The van der Waals surface area contributed by atoms with E-state index in [0.29, 0.717) is 10.9 Å². The van der Waals surface area contributed by atoms with Gasteiger partial charge in [-0.1, -0.05) is 54.6 Å². The van der Waals surface area contributed by atoms with Crippen molar-refractivity contribution in [3.63, 3.8) is 0 Å². The molecular weight excluding hydrogens is 604 g/mol. The first-order chi connectivity index (χ1) is 22.9. The summed E-state index contributed by atoms with van der Waals surface area (Å²) in [6.45, 7) is -0.369. The summed E-state index contributed by atoms with van der Waals surface area (Å²) in [5.74, 6) is 4.20. The van der Waals surface area contributed by atoms with Gasteiger partial charge in [-0.25, -0.2) is 30.2 Å². The zero-order valence-corrected chi connectivity index (χ0v) is 25.0. The van der Waals surface area contributed by atoms with Crippen molar-refractivity contribution in [2.45, 2.75) is 24.5 Å². The highest BCUT2D eigenvalue weighted by Crippen LogP contribution is 2.39. The molecule has 4 atom stereocenters. The number of esters is 3. The Bertz CT molecular complexity index is 1940. The molecule has 0 bridgehead atoms. The van der Waals surface area contributed by atoms with E-state index in [1.807, 2.05) is 0 Å². The summed E-state index contributed by atoms with van der Waals surface area (Å²) in [5, 5.41) is 11.6. The van der Waals surface area contributed by atoms with Crippen LogP contribution < -0.4 is 10.9 Å². The standard InChI is InChI=1S/C34H28N6O7/c1-39(36)29-26-24(17-35)18-40(30(26)38-20-37-29)31-28(47-34(43)23-15-9-4-10-16-23)27(46-33(42)22-13-7-3-8-14-22)25(45-31)19-44-32(41)21-11-5-2-6-12-21/h2-16,18,20,25,27-28,31H,19,36H2,1H3/t25-,27-,28-,31-/m1/s1. The van der Waals surface area contributed by atoms with Crippen LogP contribution in [0.25, 0.3) is 11.0 Å². The molecule has 0 unspecified atom stereocenters. The normalized spacial score (nSPS) is 18.7. The van der Waals surface area contributed by atoms with Crippen LogP contribution >= 0.6 is 0 Å². The highest BCUT2D eigenvalue weighted by Gasteiger charge is 2.52. The molecule has 6 rings (SSSR count). The van der Waals surface area contributed by atoms with E-state index in [1.165, 1.54) is 22.1 Å². The van der Waals surface area contributed by atoms with Crippen LogP contribution in [0.4, 0.5) is 5.82 Å². The molecule has 0 radical (unpaired) electrons. The fourth-order valence-electron chi connectivity index (χ4n) is 5.30. The van der Waals surface area contributed by atoms with Gasteiger partial charge in [0.2, 0.25) is 0 Å². The second-order valence-electron chi connectivity index (χ2n) is 10.6. The third kappa shape index (κ3) is 6.36. The second kappa shape index (κ2) is 13.5. The van der Waals surface area contributed by atoms with Gasteiger partial charge in [-0.05, 0) is 36.4 Å². The molecule has 47 heavy (non-hydrogen) atoms. The predicted octanol–water partition coefficient (Wildman–Crippen LogP) is 3.82. The molecule has 0 spiro atoms. The molecule has 236 valence electrons. The molecule has 3 heterocycles. The van der Waals surface area contributed by atoms with E-state index in [0.717, 1.165) is 0 Å². The molecule has 0 amide bonds. The van der Waals surface area contributed by atoms with Crippen molar-refractivity contribution in [1.29, 1.82) is 5.26 Å². The fourth-order valence-corrected chi connectivity index (χ4v) is 5.30. The number of carbonyl (C=O) groups excluding carboxylic acids is 3. The number of ether oxygens (including phenoxy) is 4. The maximum atomic E-state index is 13.5. The molecule has 13 nitrogen and oxygen atoms in total. The van der Waals surface area contributed by atoms with Gasteiger partial charge in [0.15, 0.2) is 24.3 Å². The van der Waals surface area contributed by atoms with E-state index in [4.69, 9.17) is 24.8 Å². The zero-order valence-electron chi connectivity index (χ0n) is 25.0. The van der Waals surface area contributed by atoms with E-state index in [9.17, 15) is 19.6 Å². The smallest absolute Gasteiger partial charge is 0.338 e. The average molecular weight is 633 g/mol. The maximum Gasteiger partial charge on any atom is 0.338 e. The monoisotopic (exact) mass is 632 g/mol. The van der Waals surface area contributed by atoms with Gasteiger partial charge in [-0.2, -0.15) is 5.26 Å². The molecule has 0 saturated carbocycles. The number of fused-ring (bicyclic) bond motifs is 1. The molecule has 5 aromatic rings. The van der Waals surface area contributed by atoms with Crippen molar-refractivity contribution in [2.75, 3.05) is 18.7 Å². The summed E-state index contributed by atoms with van der Waals surface area (Å²) >= 11 is 0. The predicted molar refractivity (Wildman–Crippen MR) is 167 cm³/mol. The lowest BCUT2D eigenvalue weighted by Gasteiger charge is -2.25. The minimum atomic E-state index is -1.30. The summed E-state index contributed by atoms with van der Waals surface area (Å²) in [6, 6.07) is 27.0. The Morgan fingerprint density at radius 2 is 1.38 bits per heavy atom. The summed E-state index contributed by atoms with van der Waals surface area (Å²) in [5.41, 5.74) is 1.19. The van der Waals surface area contributed by atoms with Gasteiger partial charge in [0.1, 0.15) is 30.8 Å². The molecule has 1 aliphatic rings. The Labute approximate surface area is 268 Å². The van der Waals surface area contributed by atoms with E-state index < -0.39 is 42.4 Å². The first-order valence-electron chi connectivity index (χ1n) is 14.5. The summed E-state index contributed by atoms with van der Waals surface area (Å²) < 4.78 is 25.5. The molecule has 13 heteroatoms. The Morgan fingerprint density at radius 3 is 1.91 bits per heavy atom. The number of nitrogens with two attached hydrogens (primary N) is 1. The quantitative estimate of drug-likeness (QED) is 0.108. The average Bonchev–Trinajstić information content (AvgIpc) is 3.65. The minimum Gasteiger partial charge on any atom is -0.459 e. The summed E-state index contributed by atoms with van der Waals surface area (Å²) in [4.78, 5) is 48.4. The lowest BCUT2D eigenvalue weighted by Crippen LogP contribution is -2.41. The zero-order chi connectivity index (χ0) is 32.9. The number of hydrogen-bond acceptors (Lipinski definition) is 12. The topological polar surface area (TPSA) is 172 Å². The van der Waals surface area contributed by atoms with Crippen LogP contribution in [0.1, 0.15) is 42.9 Å². The molecule has 3 aromatic carbocycles. The van der Waals surface area contributed by atoms with Crippen LogP contribution in [0.2, 0.25) is 0 Å².